The molecule has 1 aromatic rings. The molecule has 184 valence electrons. The Morgan fingerprint density at radius 2 is 1.71 bits per heavy atom. The summed E-state index contributed by atoms with van der Waals surface area (Å²) in [5.74, 6) is 5.71. The van der Waals surface area contributed by atoms with E-state index in [0.29, 0.717) is 16.9 Å². The molecule has 2 nitrogen and oxygen atoms in total. The van der Waals surface area contributed by atoms with Gasteiger partial charge in [0.1, 0.15) is 0 Å². The topological polar surface area (TPSA) is 35.8 Å². The number of allylic oxidation sites excluding steroid dienone is 1. The molecular formula is C32H46N2. The Morgan fingerprint density at radius 1 is 0.971 bits per heavy atom. The lowest BCUT2D eigenvalue weighted by molar-refractivity contribution is -0.0780. The molecule has 0 amide bonds. The molecule has 0 aromatic heterocycles. The second kappa shape index (κ2) is 9.04. The molecule has 0 bridgehead atoms. The van der Waals surface area contributed by atoms with E-state index in [1.54, 1.807) is 0 Å². The minimum atomic E-state index is 0.472. The van der Waals surface area contributed by atoms with Gasteiger partial charge in [-0.2, -0.15) is 5.26 Å². The lowest BCUT2D eigenvalue weighted by atomic mass is 9.48. The van der Waals surface area contributed by atoms with E-state index < -0.39 is 0 Å². The standard InChI is InChI=1S/C32H46N2/c1-6-30(23-9-7-22(20-33)8-10-23)34-21(2)28-13-14-29-27-12-11-24-19-31(3,4)17-15-25(24)26(27)16-18-32(28,29)5/h6-10,21,24-29,34H,11-19H2,1-5H3/b30-6+/t21-,24+,25-,26+,27+,28+,29-,32+/m0/s1. The first-order valence-corrected chi connectivity index (χ1v) is 14.2. The zero-order valence-corrected chi connectivity index (χ0v) is 22.2. The van der Waals surface area contributed by atoms with Crippen LogP contribution in [0.15, 0.2) is 30.3 Å². The molecule has 5 rings (SSSR count). The van der Waals surface area contributed by atoms with Crippen LogP contribution in [0.4, 0.5) is 0 Å². The van der Waals surface area contributed by atoms with Crippen LogP contribution in [0.25, 0.3) is 5.70 Å². The number of hydrogen-bond donors (Lipinski definition) is 1. The maximum absolute atomic E-state index is 9.14. The Morgan fingerprint density at radius 3 is 2.41 bits per heavy atom. The number of nitrogens with zero attached hydrogens (tertiary/aromatic N) is 1. The van der Waals surface area contributed by atoms with E-state index in [9.17, 15) is 0 Å². The van der Waals surface area contributed by atoms with Gasteiger partial charge in [-0.1, -0.05) is 39.0 Å². The van der Waals surface area contributed by atoms with Crippen LogP contribution in [0.1, 0.15) is 104 Å². The smallest absolute Gasteiger partial charge is 0.0991 e. The molecule has 1 aromatic carbocycles. The van der Waals surface area contributed by atoms with Gasteiger partial charge in [0.15, 0.2) is 0 Å². The van der Waals surface area contributed by atoms with Gasteiger partial charge in [-0.25, -0.2) is 0 Å². The minimum absolute atomic E-state index is 0.472. The van der Waals surface area contributed by atoms with E-state index in [1.807, 2.05) is 12.1 Å². The predicted molar refractivity (Wildman–Crippen MR) is 142 cm³/mol. The molecule has 34 heavy (non-hydrogen) atoms. The highest BCUT2D eigenvalue weighted by Crippen LogP contribution is 2.65. The van der Waals surface area contributed by atoms with Crippen molar-refractivity contribution in [3.8, 4) is 6.07 Å². The highest BCUT2D eigenvalue weighted by Gasteiger charge is 2.58. The van der Waals surface area contributed by atoms with Gasteiger partial charge in [-0.15, -0.1) is 0 Å². The van der Waals surface area contributed by atoms with Gasteiger partial charge in [-0.3, -0.25) is 0 Å². The summed E-state index contributed by atoms with van der Waals surface area (Å²) >= 11 is 0. The van der Waals surface area contributed by atoms with Crippen molar-refractivity contribution in [3.05, 3.63) is 41.5 Å². The van der Waals surface area contributed by atoms with Crippen LogP contribution in [-0.4, -0.2) is 6.04 Å². The first kappa shape index (κ1) is 24.0. The summed E-state index contributed by atoms with van der Waals surface area (Å²) in [7, 11) is 0. The highest BCUT2D eigenvalue weighted by atomic mass is 14.9. The maximum atomic E-state index is 9.14. The van der Waals surface area contributed by atoms with Gasteiger partial charge in [-0.05, 0) is 136 Å². The van der Waals surface area contributed by atoms with Crippen LogP contribution in [0, 0.1) is 57.7 Å². The van der Waals surface area contributed by atoms with Crippen molar-refractivity contribution >= 4 is 5.70 Å². The third-order valence-electron chi connectivity index (χ3n) is 11.2. The van der Waals surface area contributed by atoms with E-state index >= 15 is 0 Å². The molecular weight excluding hydrogens is 412 g/mol. The summed E-state index contributed by atoms with van der Waals surface area (Å²) in [5.41, 5.74) is 4.19. The van der Waals surface area contributed by atoms with Crippen LogP contribution in [-0.2, 0) is 0 Å². The van der Waals surface area contributed by atoms with Crippen LogP contribution >= 0.6 is 0 Å². The van der Waals surface area contributed by atoms with Crippen LogP contribution in [0.3, 0.4) is 0 Å². The average Bonchev–Trinajstić information content (AvgIpc) is 3.19. The molecule has 1 N–H and O–H groups in total. The van der Waals surface area contributed by atoms with Crippen molar-refractivity contribution in [2.75, 3.05) is 0 Å². The fraction of sp³-hybridized carbons (Fsp3) is 0.719. The summed E-state index contributed by atoms with van der Waals surface area (Å²) in [4.78, 5) is 0. The van der Waals surface area contributed by atoms with Crippen LogP contribution in [0.5, 0.6) is 0 Å². The SMILES string of the molecule is C/C=C(/N[C@@H](C)[C@H]1CC[C@H]2[C@@H]3CC[C@@H]4CC(C)(C)CC[C@@H]4[C@H]3CC[C@]12C)c1ccc(C#N)cc1. The molecule has 0 spiro atoms. The molecule has 0 unspecified atom stereocenters. The number of nitrogens with one attached hydrogen (secondary N) is 1. The van der Waals surface area contributed by atoms with E-state index in [2.05, 4.69) is 64.2 Å². The molecule has 8 atom stereocenters. The molecule has 4 aliphatic carbocycles. The van der Waals surface area contributed by atoms with E-state index in [1.165, 1.54) is 69.0 Å². The summed E-state index contributed by atoms with van der Waals surface area (Å²) in [6, 6.07) is 10.7. The van der Waals surface area contributed by atoms with Crippen molar-refractivity contribution in [3.63, 3.8) is 0 Å². The Labute approximate surface area is 208 Å². The highest BCUT2D eigenvalue weighted by molar-refractivity contribution is 5.64. The number of benzene rings is 1. The summed E-state index contributed by atoms with van der Waals surface area (Å²) in [6.07, 6.45) is 15.4. The van der Waals surface area contributed by atoms with Crippen molar-refractivity contribution < 1.29 is 0 Å². The van der Waals surface area contributed by atoms with Crippen LogP contribution < -0.4 is 5.32 Å². The molecule has 0 saturated heterocycles. The van der Waals surface area contributed by atoms with E-state index in [4.69, 9.17) is 5.26 Å². The molecule has 0 radical (unpaired) electrons. The third-order valence-corrected chi connectivity index (χ3v) is 11.2. The summed E-state index contributed by atoms with van der Waals surface area (Å²) in [5, 5.41) is 13.1. The van der Waals surface area contributed by atoms with Crippen molar-refractivity contribution in [1.29, 1.82) is 5.26 Å². The predicted octanol–water partition coefficient (Wildman–Crippen LogP) is 8.19. The zero-order chi connectivity index (χ0) is 24.1. The van der Waals surface area contributed by atoms with Gasteiger partial charge in [0, 0.05) is 11.7 Å². The van der Waals surface area contributed by atoms with Crippen molar-refractivity contribution in [1.82, 2.24) is 5.32 Å². The maximum Gasteiger partial charge on any atom is 0.0991 e. The first-order chi connectivity index (χ1) is 16.3. The first-order valence-electron chi connectivity index (χ1n) is 14.2. The number of rotatable bonds is 4. The van der Waals surface area contributed by atoms with Gasteiger partial charge >= 0.3 is 0 Å². The number of hydrogen-bond acceptors (Lipinski definition) is 2. The van der Waals surface area contributed by atoms with Gasteiger partial charge in [0.05, 0.1) is 11.6 Å². The van der Waals surface area contributed by atoms with Crippen LogP contribution in [0.2, 0.25) is 0 Å². The Balaban J connectivity index is 1.29. The minimum Gasteiger partial charge on any atom is -0.382 e. The largest absolute Gasteiger partial charge is 0.382 e. The number of nitriles is 1. The quantitative estimate of drug-likeness (QED) is 0.493. The average molecular weight is 459 g/mol. The second-order valence-corrected chi connectivity index (χ2v) is 13.4. The molecule has 0 heterocycles. The molecule has 4 aliphatic rings. The van der Waals surface area contributed by atoms with E-state index in [0.717, 1.165) is 41.1 Å². The fourth-order valence-corrected chi connectivity index (χ4v) is 9.57. The Hall–Kier alpha value is -1.75. The Kier molecular flexibility index (Phi) is 6.37. The van der Waals surface area contributed by atoms with E-state index in [-0.39, 0.29) is 0 Å². The third kappa shape index (κ3) is 4.12. The lowest BCUT2D eigenvalue weighted by Gasteiger charge is -2.57. The van der Waals surface area contributed by atoms with Gasteiger partial charge in [0.25, 0.3) is 0 Å². The molecule has 4 saturated carbocycles. The Bertz CT molecular complexity index is 950. The summed E-state index contributed by atoms with van der Waals surface area (Å²) < 4.78 is 0. The zero-order valence-electron chi connectivity index (χ0n) is 22.2. The second-order valence-electron chi connectivity index (χ2n) is 13.4. The monoisotopic (exact) mass is 458 g/mol. The molecule has 0 aliphatic heterocycles. The van der Waals surface area contributed by atoms with Gasteiger partial charge < -0.3 is 5.32 Å². The number of fused-ring (bicyclic) bond motifs is 5. The van der Waals surface area contributed by atoms with Gasteiger partial charge in [0.2, 0.25) is 0 Å². The van der Waals surface area contributed by atoms with Crippen molar-refractivity contribution in [2.45, 2.75) is 98.4 Å². The summed E-state index contributed by atoms with van der Waals surface area (Å²) in [6.45, 7) is 12.2. The fourth-order valence-electron chi connectivity index (χ4n) is 9.57. The van der Waals surface area contributed by atoms with Crippen molar-refractivity contribution in [2.24, 2.45) is 46.3 Å². The molecule has 2 heteroatoms. The molecule has 4 fully saturated rings. The lowest BCUT2D eigenvalue weighted by Crippen LogP contribution is -2.51. The normalized spacial score (nSPS) is 39.8.